The second-order valence-corrected chi connectivity index (χ2v) is 9.03. The van der Waals surface area contributed by atoms with Gasteiger partial charge in [0.2, 0.25) is 10.0 Å². The van der Waals surface area contributed by atoms with Gasteiger partial charge in [0.05, 0.1) is 24.6 Å². The highest BCUT2D eigenvalue weighted by Crippen LogP contribution is 2.34. The van der Waals surface area contributed by atoms with E-state index in [1.165, 1.54) is 36.1 Å². The molecule has 0 bridgehead atoms. The summed E-state index contributed by atoms with van der Waals surface area (Å²) in [5.74, 6) is -0.901. The summed E-state index contributed by atoms with van der Waals surface area (Å²) >= 11 is 0. The van der Waals surface area contributed by atoms with E-state index in [0.717, 1.165) is 7.11 Å². The quantitative estimate of drug-likeness (QED) is 0.729. The number of likely N-dealkylation sites (tertiary alicyclic amines) is 1. The minimum Gasteiger partial charge on any atom is -0.508 e. The molecule has 2 atom stereocenters. The molecule has 0 spiro atoms. The topological polar surface area (TPSA) is 122 Å². The molecule has 0 radical (unpaired) electrons. The van der Waals surface area contributed by atoms with Crippen molar-refractivity contribution in [3.05, 3.63) is 24.3 Å². The summed E-state index contributed by atoms with van der Waals surface area (Å²) < 4.78 is 37.8. The Balaban J connectivity index is 2.28. The third kappa shape index (κ3) is 4.16. The Morgan fingerprint density at radius 3 is 2.26 bits per heavy atom. The van der Waals surface area contributed by atoms with Gasteiger partial charge in [0.15, 0.2) is 5.54 Å². The Hall–Kier alpha value is -2.33. The van der Waals surface area contributed by atoms with Gasteiger partial charge in [-0.3, -0.25) is 0 Å². The number of esters is 1. The summed E-state index contributed by atoms with van der Waals surface area (Å²) in [6.45, 7) is 6.42. The number of carbonyl (C=O) groups excluding carboxylic acids is 2. The van der Waals surface area contributed by atoms with Crippen LogP contribution in [0.25, 0.3) is 0 Å². The van der Waals surface area contributed by atoms with Crippen molar-refractivity contribution in [3.8, 4) is 5.75 Å². The lowest BCUT2D eigenvalue weighted by Gasteiger charge is -2.53. The smallest absolute Gasteiger partial charge is 0.410 e. The summed E-state index contributed by atoms with van der Waals surface area (Å²) in [5, 5.41) is 9.32. The van der Waals surface area contributed by atoms with Crippen molar-refractivity contribution in [1.29, 1.82) is 0 Å². The van der Waals surface area contributed by atoms with Crippen molar-refractivity contribution in [2.75, 3.05) is 13.7 Å². The molecule has 0 aromatic heterocycles. The van der Waals surface area contributed by atoms with Crippen LogP contribution in [0.4, 0.5) is 4.79 Å². The van der Waals surface area contributed by atoms with Crippen molar-refractivity contribution in [1.82, 2.24) is 9.62 Å². The van der Waals surface area contributed by atoms with E-state index < -0.39 is 39.3 Å². The molecule has 1 amide bonds. The van der Waals surface area contributed by atoms with Gasteiger partial charge in [-0.2, -0.15) is 4.72 Å². The first-order valence-corrected chi connectivity index (χ1v) is 9.72. The molecular formula is C17H24N2O7S. The Morgan fingerprint density at radius 2 is 1.81 bits per heavy atom. The molecule has 1 saturated heterocycles. The van der Waals surface area contributed by atoms with E-state index in [1.54, 1.807) is 20.8 Å². The highest BCUT2D eigenvalue weighted by Gasteiger charge is 2.61. The number of nitrogens with one attached hydrogen (secondary N) is 1. The van der Waals surface area contributed by atoms with Crippen LogP contribution in [0, 0.1) is 0 Å². The molecule has 1 aromatic carbocycles. The van der Waals surface area contributed by atoms with Crippen LogP contribution < -0.4 is 4.72 Å². The minimum absolute atomic E-state index is 0.0928. The zero-order chi connectivity index (χ0) is 20.6. The monoisotopic (exact) mass is 400 g/mol. The van der Waals surface area contributed by atoms with Gasteiger partial charge in [0, 0.05) is 0 Å². The van der Waals surface area contributed by atoms with Crippen molar-refractivity contribution in [2.45, 2.75) is 49.8 Å². The first kappa shape index (κ1) is 21.0. The second kappa shape index (κ2) is 7.01. The molecule has 1 heterocycles. The van der Waals surface area contributed by atoms with E-state index in [4.69, 9.17) is 9.47 Å². The van der Waals surface area contributed by atoms with E-state index in [-0.39, 0.29) is 17.2 Å². The first-order chi connectivity index (χ1) is 12.3. The lowest BCUT2D eigenvalue weighted by atomic mass is 9.82. The van der Waals surface area contributed by atoms with Gasteiger partial charge in [-0.05, 0) is 52.0 Å². The van der Waals surface area contributed by atoms with Crippen molar-refractivity contribution >= 4 is 22.1 Å². The molecular weight excluding hydrogens is 376 g/mol. The van der Waals surface area contributed by atoms with Crippen LogP contribution in [0.15, 0.2) is 29.2 Å². The van der Waals surface area contributed by atoms with Crippen molar-refractivity contribution < 1.29 is 32.6 Å². The highest BCUT2D eigenvalue weighted by molar-refractivity contribution is 7.89. The number of benzene rings is 1. The Morgan fingerprint density at radius 1 is 1.26 bits per heavy atom. The van der Waals surface area contributed by atoms with Gasteiger partial charge < -0.3 is 19.5 Å². The zero-order valence-corrected chi connectivity index (χ0v) is 16.7. The molecule has 1 aromatic rings. The van der Waals surface area contributed by atoms with Crippen LogP contribution in [0.5, 0.6) is 5.75 Å². The van der Waals surface area contributed by atoms with E-state index in [2.05, 4.69) is 4.72 Å². The average molecular weight is 400 g/mol. The van der Waals surface area contributed by atoms with Crippen LogP contribution in [0.2, 0.25) is 0 Å². The number of aromatic hydroxyl groups is 1. The fraction of sp³-hybridized carbons (Fsp3) is 0.529. The fourth-order valence-corrected chi connectivity index (χ4v) is 4.15. The molecule has 1 fully saturated rings. The summed E-state index contributed by atoms with van der Waals surface area (Å²) in [6, 6.07) is 4.02. The molecule has 0 saturated carbocycles. The number of rotatable bonds is 4. The average Bonchev–Trinajstić information content (AvgIpc) is 2.55. The predicted octanol–water partition coefficient (Wildman–Crippen LogP) is 1.22. The standard InChI is InChI=1S/C17H24N2O7S/c1-11-17(14(21)25-5,10-19(11)15(22)26-16(2,3)4)18-27(23,24)13-8-6-12(20)7-9-13/h6-9,11,18,20H,10H2,1-5H3. The largest absolute Gasteiger partial charge is 0.508 e. The number of sulfonamides is 1. The number of nitrogens with zero attached hydrogens (tertiary/aromatic N) is 1. The zero-order valence-electron chi connectivity index (χ0n) is 15.8. The fourth-order valence-electron chi connectivity index (χ4n) is 2.73. The minimum atomic E-state index is -4.11. The van der Waals surface area contributed by atoms with Crippen molar-refractivity contribution in [2.24, 2.45) is 0 Å². The van der Waals surface area contributed by atoms with E-state index in [1.807, 2.05) is 0 Å². The number of phenols is 1. The third-order valence-corrected chi connectivity index (χ3v) is 5.77. The molecule has 2 N–H and O–H groups in total. The van der Waals surface area contributed by atoms with Crippen LogP contribution in [-0.4, -0.2) is 61.3 Å². The first-order valence-electron chi connectivity index (χ1n) is 8.23. The molecule has 1 aliphatic rings. The van der Waals surface area contributed by atoms with Gasteiger partial charge >= 0.3 is 12.1 Å². The molecule has 27 heavy (non-hydrogen) atoms. The third-order valence-electron chi connectivity index (χ3n) is 4.24. The highest BCUT2D eigenvalue weighted by atomic mass is 32.2. The lowest BCUT2D eigenvalue weighted by Crippen LogP contribution is -2.80. The second-order valence-electron chi connectivity index (χ2n) is 7.35. The summed E-state index contributed by atoms with van der Waals surface area (Å²) in [7, 11) is -2.97. The number of carbonyl (C=O) groups is 2. The number of amides is 1. The normalized spacial score (nSPS) is 22.7. The molecule has 0 aliphatic carbocycles. The maximum atomic E-state index is 12.7. The maximum absolute atomic E-state index is 12.7. The molecule has 9 nitrogen and oxygen atoms in total. The summed E-state index contributed by atoms with van der Waals surface area (Å²) in [4.78, 5) is 25.8. The SMILES string of the molecule is COC(=O)C1(NS(=O)(=O)c2ccc(O)cc2)CN(C(=O)OC(C)(C)C)C1C. The Labute approximate surface area is 158 Å². The number of hydrogen-bond acceptors (Lipinski definition) is 7. The van der Waals surface area contributed by atoms with Crippen LogP contribution in [-0.2, 0) is 24.3 Å². The Bertz CT molecular complexity index is 830. The Kier molecular flexibility index (Phi) is 5.44. The van der Waals surface area contributed by atoms with Gasteiger partial charge in [-0.1, -0.05) is 0 Å². The van der Waals surface area contributed by atoms with E-state index in [0.29, 0.717) is 0 Å². The molecule has 150 valence electrons. The number of phenolic OH excluding ortho intramolecular Hbond substituents is 1. The van der Waals surface area contributed by atoms with E-state index in [9.17, 15) is 23.1 Å². The molecule has 2 rings (SSSR count). The number of methoxy groups -OCH3 is 1. The van der Waals surface area contributed by atoms with Gasteiger partial charge in [0.1, 0.15) is 11.4 Å². The summed E-state index contributed by atoms with van der Waals surface area (Å²) in [5.41, 5.74) is -2.37. The maximum Gasteiger partial charge on any atom is 0.410 e. The summed E-state index contributed by atoms with van der Waals surface area (Å²) in [6.07, 6.45) is -0.654. The van der Waals surface area contributed by atoms with E-state index >= 15 is 0 Å². The molecule has 2 unspecified atom stereocenters. The predicted molar refractivity (Wildman–Crippen MR) is 95.6 cm³/mol. The van der Waals surface area contributed by atoms with Gasteiger partial charge in [-0.25, -0.2) is 18.0 Å². The van der Waals surface area contributed by atoms with Crippen LogP contribution in [0.3, 0.4) is 0 Å². The molecule has 1 aliphatic heterocycles. The number of hydrogen-bond donors (Lipinski definition) is 2. The van der Waals surface area contributed by atoms with Gasteiger partial charge in [-0.15, -0.1) is 0 Å². The van der Waals surface area contributed by atoms with Crippen LogP contribution >= 0.6 is 0 Å². The van der Waals surface area contributed by atoms with Crippen LogP contribution in [0.1, 0.15) is 27.7 Å². The van der Waals surface area contributed by atoms with Crippen molar-refractivity contribution in [3.63, 3.8) is 0 Å². The van der Waals surface area contributed by atoms with Gasteiger partial charge in [0.25, 0.3) is 0 Å². The molecule has 10 heteroatoms. The number of ether oxygens (including phenoxy) is 2. The lowest BCUT2D eigenvalue weighted by molar-refractivity contribution is -0.159.